The summed E-state index contributed by atoms with van der Waals surface area (Å²) in [5.74, 6) is -0.264. The number of esters is 1. The second-order valence-electron chi connectivity index (χ2n) is 6.05. The van der Waals surface area contributed by atoms with Gasteiger partial charge in [-0.2, -0.15) is 5.10 Å². The van der Waals surface area contributed by atoms with Crippen LogP contribution in [0.1, 0.15) is 11.1 Å². The molecule has 1 N–H and O–H groups in total. The molecule has 0 aromatic heterocycles. The highest BCUT2D eigenvalue weighted by molar-refractivity contribution is 8.18. The molecule has 0 aliphatic carbocycles. The lowest BCUT2D eigenvalue weighted by Gasteiger charge is -2.11. The minimum absolute atomic E-state index is 0.172. The van der Waals surface area contributed by atoms with E-state index in [4.69, 9.17) is 9.47 Å². The Morgan fingerprint density at radius 2 is 1.97 bits per heavy atom. The van der Waals surface area contributed by atoms with Gasteiger partial charge in [-0.25, -0.2) is 9.18 Å². The molecule has 0 saturated carbocycles. The van der Waals surface area contributed by atoms with E-state index in [0.29, 0.717) is 11.5 Å². The largest absolute Gasteiger partial charge is 0.496 e. The number of halogens is 1. The molecular weight excluding hydrogens is 425 g/mol. The van der Waals surface area contributed by atoms with E-state index in [1.54, 1.807) is 31.4 Å². The van der Waals surface area contributed by atoms with Crippen molar-refractivity contribution in [2.75, 3.05) is 14.2 Å². The second-order valence-corrected chi connectivity index (χ2v) is 7.08. The van der Waals surface area contributed by atoms with Crippen molar-refractivity contribution < 1.29 is 28.2 Å². The number of ether oxygens (including phenoxy) is 3. The fourth-order valence-electron chi connectivity index (χ4n) is 2.47. The van der Waals surface area contributed by atoms with Gasteiger partial charge in [0.05, 0.1) is 25.3 Å². The van der Waals surface area contributed by atoms with Gasteiger partial charge in [0.1, 0.15) is 23.9 Å². The first-order valence-corrected chi connectivity index (χ1v) is 9.75. The summed E-state index contributed by atoms with van der Waals surface area (Å²) in [6.45, 7) is 0.207. The van der Waals surface area contributed by atoms with E-state index in [0.717, 1.165) is 29.0 Å². The molecule has 2 aromatic rings. The molecule has 1 fully saturated rings. The summed E-state index contributed by atoms with van der Waals surface area (Å²) in [5, 5.41) is 10.7. The molecule has 1 amide bonds. The van der Waals surface area contributed by atoms with Gasteiger partial charge in [0.2, 0.25) is 0 Å². The molecule has 1 heterocycles. The number of carbonyl (C=O) groups is 2. The van der Waals surface area contributed by atoms with E-state index in [1.165, 1.54) is 25.5 Å². The molecule has 1 aliphatic heterocycles. The first-order chi connectivity index (χ1) is 15.0. The van der Waals surface area contributed by atoms with Crippen LogP contribution in [-0.4, -0.2) is 37.5 Å². The average Bonchev–Trinajstić information content (AvgIpc) is 3.12. The molecule has 0 unspecified atom stereocenters. The number of amidine groups is 1. The average molecular weight is 443 g/mol. The summed E-state index contributed by atoms with van der Waals surface area (Å²) in [7, 11) is 2.78. The standard InChI is InChI=1S/C21H18FN3O5S/c1-28-17-8-3-13(9-14(17)12-30-16-6-4-15(22)5-7-16)11-23-25-21-24-20(27)18(31-21)10-19(26)29-2/h3-11H,12H2,1-2H3,(H,24,25,27)/b18-10+,23-11?. The van der Waals surface area contributed by atoms with Crippen molar-refractivity contribution in [3.63, 3.8) is 0 Å². The number of hydrogen-bond acceptors (Lipinski definition) is 8. The summed E-state index contributed by atoms with van der Waals surface area (Å²) in [6.07, 6.45) is 2.59. The lowest BCUT2D eigenvalue weighted by molar-refractivity contribution is -0.135. The number of hydrogen-bond donors (Lipinski definition) is 1. The molecule has 1 aliphatic rings. The first-order valence-electron chi connectivity index (χ1n) is 8.93. The quantitative estimate of drug-likeness (QED) is 0.306. The molecule has 0 bridgehead atoms. The van der Waals surface area contributed by atoms with Crippen LogP contribution in [0.3, 0.4) is 0 Å². The summed E-state index contributed by atoms with van der Waals surface area (Å²) in [4.78, 5) is 23.2. The van der Waals surface area contributed by atoms with Crippen LogP contribution in [0.15, 0.2) is 63.6 Å². The van der Waals surface area contributed by atoms with Crippen molar-refractivity contribution in [2.45, 2.75) is 6.61 Å². The van der Waals surface area contributed by atoms with Crippen molar-refractivity contribution in [1.82, 2.24) is 5.32 Å². The first kappa shape index (κ1) is 22.0. The zero-order valence-corrected chi connectivity index (χ0v) is 17.4. The summed E-state index contributed by atoms with van der Waals surface area (Å²) < 4.78 is 28.6. The zero-order valence-electron chi connectivity index (χ0n) is 16.6. The minimum Gasteiger partial charge on any atom is -0.496 e. The van der Waals surface area contributed by atoms with Crippen molar-refractivity contribution in [3.8, 4) is 11.5 Å². The van der Waals surface area contributed by atoms with Gasteiger partial charge in [0.25, 0.3) is 5.91 Å². The molecule has 10 heteroatoms. The Hall–Kier alpha value is -3.66. The highest BCUT2D eigenvalue weighted by Crippen LogP contribution is 2.24. The number of thioether (sulfide) groups is 1. The van der Waals surface area contributed by atoms with Gasteiger partial charge in [0, 0.05) is 11.6 Å². The van der Waals surface area contributed by atoms with Crippen LogP contribution in [0, 0.1) is 5.82 Å². The van der Waals surface area contributed by atoms with Crippen molar-refractivity contribution >= 4 is 35.0 Å². The van der Waals surface area contributed by atoms with E-state index in [-0.39, 0.29) is 22.5 Å². The summed E-state index contributed by atoms with van der Waals surface area (Å²) in [5.41, 5.74) is 1.48. The summed E-state index contributed by atoms with van der Waals surface area (Å²) in [6, 6.07) is 11.1. The monoisotopic (exact) mass is 443 g/mol. The second kappa shape index (κ2) is 10.4. The fourth-order valence-corrected chi connectivity index (χ4v) is 3.21. The van der Waals surface area contributed by atoms with Gasteiger partial charge in [-0.05, 0) is 59.8 Å². The molecule has 8 nitrogen and oxygen atoms in total. The summed E-state index contributed by atoms with van der Waals surface area (Å²) >= 11 is 0.983. The van der Waals surface area contributed by atoms with Crippen LogP contribution in [-0.2, 0) is 20.9 Å². The van der Waals surface area contributed by atoms with Gasteiger partial charge in [0.15, 0.2) is 5.17 Å². The minimum atomic E-state index is -0.629. The fraction of sp³-hybridized carbons (Fsp3) is 0.143. The van der Waals surface area contributed by atoms with Crippen LogP contribution in [0.5, 0.6) is 11.5 Å². The van der Waals surface area contributed by atoms with E-state index < -0.39 is 11.9 Å². The normalized spacial score (nSPS) is 16.0. The highest BCUT2D eigenvalue weighted by Gasteiger charge is 2.25. The van der Waals surface area contributed by atoms with Gasteiger partial charge in [-0.15, -0.1) is 5.10 Å². The molecule has 2 aromatic carbocycles. The van der Waals surface area contributed by atoms with Crippen molar-refractivity contribution in [1.29, 1.82) is 0 Å². The Labute approximate surface area is 181 Å². The third-order valence-corrected chi connectivity index (χ3v) is 4.87. The Morgan fingerprint density at radius 3 is 2.68 bits per heavy atom. The van der Waals surface area contributed by atoms with Crippen LogP contribution in [0.4, 0.5) is 4.39 Å². The van der Waals surface area contributed by atoms with E-state index in [1.807, 2.05) is 6.07 Å². The lowest BCUT2D eigenvalue weighted by atomic mass is 10.1. The zero-order chi connectivity index (χ0) is 22.2. The Morgan fingerprint density at radius 1 is 1.19 bits per heavy atom. The smallest absolute Gasteiger partial charge is 0.331 e. The molecule has 0 radical (unpaired) electrons. The third-order valence-electron chi connectivity index (χ3n) is 3.97. The SMILES string of the molecule is COC(=O)/C=C1/S/C(=N\N=Cc2ccc(OC)c(COc3ccc(F)cc3)c2)NC1=O. The number of nitrogens with one attached hydrogen (secondary N) is 1. The maximum atomic E-state index is 13.0. The number of amides is 1. The van der Waals surface area contributed by atoms with E-state index in [2.05, 4.69) is 20.3 Å². The third kappa shape index (κ3) is 6.16. The Balaban J connectivity index is 1.68. The number of benzene rings is 2. The molecule has 3 rings (SSSR count). The number of nitrogens with zero attached hydrogens (tertiary/aromatic N) is 2. The van der Waals surface area contributed by atoms with Gasteiger partial charge >= 0.3 is 5.97 Å². The van der Waals surface area contributed by atoms with E-state index in [9.17, 15) is 14.0 Å². The molecule has 160 valence electrons. The maximum absolute atomic E-state index is 13.0. The van der Waals surface area contributed by atoms with E-state index >= 15 is 0 Å². The van der Waals surface area contributed by atoms with Crippen LogP contribution >= 0.6 is 11.8 Å². The number of carbonyl (C=O) groups excluding carboxylic acids is 2. The molecular formula is C21H18FN3O5S. The Kier molecular flexibility index (Phi) is 7.39. The van der Waals surface area contributed by atoms with Gasteiger partial charge in [-0.3, -0.25) is 10.1 Å². The molecule has 31 heavy (non-hydrogen) atoms. The number of methoxy groups -OCH3 is 2. The molecule has 0 atom stereocenters. The molecule has 0 spiro atoms. The van der Waals surface area contributed by atoms with Crippen LogP contribution in [0.25, 0.3) is 0 Å². The van der Waals surface area contributed by atoms with Crippen molar-refractivity contribution in [2.24, 2.45) is 10.2 Å². The maximum Gasteiger partial charge on any atom is 0.331 e. The lowest BCUT2D eigenvalue weighted by Crippen LogP contribution is -2.19. The van der Waals surface area contributed by atoms with Crippen molar-refractivity contribution in [3.05, 3.63) is 70.4 Å². The predicted molar refractivity (Wildman–Crippen MR) is 115 cm³/mol. The van der Waals surface area contributed by atoms with Crippen LogP contribution in [0.2, 0.25) is 0 Å². The number of rotatable bonds is 7. The predicted octanol–water partition coefficient (Wildman–Crippen LogP) is 3.02. The molecule has 1 saturated heterocycles. The Bertz CT molecular complexity index is 1070. The van der Waals surface area contributed by atoms with Gasteiger partial charge in [-0.1, -0.05) is 0 Å². The topological polar surface area (TPSA) is 98.6 Å². The highest BCUT2D eigenvalue weighted by atomic mass is 32.2. The van der Waals surface area contributed by atoms with Crippen LogP contribution < -0.4 is 14.8 Å². The van der Waals surface area contributed by atoms with Gasteiger partial charge < -0.3 is 14.2 Å².